The molecule has 0 radical (unpaired) electrons. The van der Waals surface area contributed by atoms with Gasteiger partial charge in [-0.1, -0.05) is 35.8 Å². The van der Waals surface area contributed by atoms with E-state index in [-0.39, 0.29) is 18.4 Å². The SMILES string of the molecule is CCC(NC(=O)CCc1nc(-c2ccncc2)no1)c1cccc(Cl)c1. The predicted molar refractivity (Wildman–Crippen MR) is 98.5 cm³/mol. The molecule has 1 atom stereocenters. The number of benzene rings is 1. The van der Waals surface area contributed by atoms with Gasteiger partial charge in [-0.05, 0) is 36.2 Å². The summed E-state index contributed by atoms with van der Waals surface area (Å²) in [6.07, 6.45) is 4.77. The topological polar surface area (TPSA) is 80.9 Å². The summed E-state index contributed by atoms with van der Waals surface area (Å²) in [4.78, 5) is 20.6. The number of amides is 1. The molecule has 0 bridgehead atoms. The Hall–Kier alpha value is -2.73. The van der Waals surface area contributed by atoms with Crippen molar-refractivity contribution in [3.8, 4) is 11.4 Å². The lowest BCUT2D eigenvalue weighted by Gasteiger charge is -2.17. The van der Waals surface area contributed by atoms with Gasteiger partial charge in [-0.25, -0.2) is 0 Å². The molecule has 0 aliphatic heterocycles. The average molecular weight is 371 g/mol. The lowest BCUT2D eigenvalue weighted by molar-refractivity contribution is -0.121. The molecule has 3 aromatic rings. The number of rotatable bonds is 7. The van der Waals surface area contributed by atoms with E-state index in [4.69, 9.17) is 16.1 Å². The molecule has 0 fully saturated rings. The van der Waals surface area contributed by atoms with Crippen LogP contribution in [0.25, 0.3) is 11.4 Å². The van der Waals surface area contributed by atoms with Gasteiger partial charge in [0.25, 0.3) is 0 Å². The van der Waals surface area contributed by atoms with Crippen LogP contribution in [0.1, 0.15) is 37.3 Å². The van der Waals surface area contributed by atoms with Crippen LogP contribution < -0.4 is 5.32 Å². The van der Waals surface area contributed by atoms with Crippen molar-refractivity contribution < 1.29 is 9.32 Å². The van der Waals surface area contributed by atoms with Crippen molar-refractivity contribution in [3.63, 3.8) is 0 Å². The highest BCUT2D eigenvalue weighted by atomic mass is 35.5. The van der Waals surface area contributed by atoms with Crippen LogP contribution in [0.2, 0.25) is 5.02 Å². The van der Waals surface area contributed by atoms with Gasteiger partial charge in [0.2, 0.25) is 17.6 Å². The minimum atomic E-state index is -0.0729. The van der Waals surface area contributed by atoms with Gasteiger partial charge in [-0.15, -0.1) is 0 Å². The number of halogens is 1. The smallest absolute Gasteiger partial charge is 0.227 e. The Morgan fingerprint density at radius 1 is 1.27 bits per heavy atom. The van der Waals surface area contributed by atoms with Gasteiger partial charge in [0.15, 0.2) is 0 Å². The molecule has 2 heterocycles. The van der Waals surface area contributed by atoms with Crippen LogP contribution in [-0.4, -0.2) is 21.0 Å². The van der Waals surface area contributed by atoms with Crippen molar-refractivity contribution in [3.05, 3.63) is 65.3 Å². The van der Waals surface area contributed by atoms with E-state index in [2.05, 4.69) is 20.4 Å². The van der Waals surface area contributed by atoms with Crippen LogP contribution in [0, 0.1) is 0 Å². The summed E-state index contributed by atoms with van der Waals surface area (Å²) in [5.74, 6) is 0.858. The standard InChI is InChI=1S/C19H19ClN4O2/c1-2-16(14-4-3-5-15(20)12-14)22-17(25)6-7-18-23-19(24-26-18)13-8-10-21-11-9-13/h3-5,8-12,16H,2,6-7H2,1H3,(H,22,25). The van der Waals surface area contributed by atoms with Gasteiger partial charge in [0, 0.05) is 35.8 Å². The molecule has 0 aliphatic carbocycles. The Morgan fingerprint density at radius 3 is 2.81 bits per heavy atom. The Morgan fingerprint density at radius 2 is 2.08 bits per heavy atom. The molecule has 6 nitrogen and oxygen atoms in total. The lowest BCUT2D eigenvalue weighted by Crippen LogP contribution is -2.28. The van der Waals surface area contributed by atoms with Gasteiger partial charge in [-0.3, -0.25) is 9.78 Å². The maximum atomic E-state index is 12.3. The van der Waals surface area contributed by atoms with Crippen molar-refractivity contribution in [2.45, 2.75) is 32.2 Å². The van der Waals surface area contributed by atoms with Crippen molar-refractivity contribution in [2.24, 2.45) is 0 Å². The molecule has 0 spiro atoms. The zero-order chi connectivity index (χ0) is 18.4. The maximum Gasteiger partial charge on any atom is 0.227 e. The number of nitrogens with zero attached hydrogens (tertiary/aromatic N) is 3. The Labute approximate surface area is 156 Å². The summed E-state index contributed by atoms with van der Waals surface area (Å²) in [6.45, 7) is 2.02. The largest absolute Gasteiger partial charge is 0.349 e. The van der Waals surface area contributed by atoms with E-state index >= 15 is 0 Å². The first kappa shape index (κ1) is 18.1. The van der Waals surface area contributed by atoms with Crippen molar-refractivity contribution in [1.29, 1.82) is 0 Å². The number of aromatic nitrogens is 3. The molecule has 0 aliphatic rings. The Kier molecular flexibility index (Phi) is 5.96. The number of nitrogens with one attached hydrogen (secondary N) is 1. The quantitative estimate of drug-likeness (QED) is 0.680. The third kappa shape index (κ3) is 4.67. The van der Waals surface area contributed by atoms with Crippen LogP contribution >= 0.6 is 11.6 Å². The summed E-state index contributed by atoms with van der Waals surface area (Å²) < 4.78 is 5.22. The maximum absolute atomic E-state index is 12.3. The van der Waals surface area contributed by atoms with Crippen molar-refractivity contribution in [1.82, 2.24) is 20.4 Å². The number of carbonyl (C=O) groups is 1. The summed E-state index contributed by atoms with van der Waals surface area (Å²) in [6, 6.07) is 11.1. The van der Waals surface area contributed by atoms with E-state index in [1.54, 1.807) is 24.5 Å². The van der Waals surface area contributed by atoms with E-state index in [0.29, 0.717) is 23.2 Å². The van der Waals surface area contributed by atoms with Crippen molar-refractivity contribution >= 4 is 17.5 Å². The fraction of sp³-hybridized carbons (Fsp3) is 0.263. The minimum Gasteiger partial charge on any atom is -0.349 e. The van der Waals surface area contributed by atoms with Gasteiger partial charge < -0.3 is 9.84 Å². The first-order valence-electron chi connectivity index (χ1n) is 8.43. The highest BCUT2D eigenvalue weighted by Crippen LogP contribution is 2.20. The molecule has 0 saturated carbocycles. The number of pyridine rings is 1. The van der Waals surface area contributed by atoms with Gasteiger partial charge in [0.1, 0.15) is 0 Å². The summed E-state index contributed by atoms with van der Waals surface area (Å²) in [7, 11) is 0. The third-order valence-corrected chi connectivity index (χ3v) is 4.20. The molecular formula is C19H19ClN4O2. The van der Waals surface area contributed by atoms with Gasteiger partial charge in [0.05, 0.1) is 6.04 Å². The molecule has 7 heteroatoms. The number of hydrogen-bond acceptors (Lipinski definition) is 5. The zero-order valence-corrected chi connectivity index (χ0v) is 15.1. The van der Waals surface area contributed by atoms with Crippen LogP contribution in [0.4, 0.5) is 0 Å². The molecule has 2 aromatic heterocycles. The van der Waals surface area contributed by atoms with Crippen LogP contribution in [-0.2, 0) is 11.2 Å². The number of hydrogen-bond donors (Lipinski definition) is 1. The molecular weight excluding hydrogens is 352 g/mol. The summed E-state index contributed by atoms with van der Waals surface area (Å²) in [5.41, 5.74) is 1.82. The molecule has 1 N–H and O–H groups in total. The molecule has 1 unspecified atom stereocenters. The van der Waals surface area contributed by atoms with E-state index in [1.807, 2.05) is 31.2 Å². The van der Waals surface area contributed by atoms with Crippen LogP contribution in [0.3, 0.4) is 0 Å². The normalized spacial score (nSPS) is 11.9. The van der Waals surface area contributed by atoms with Crippen LogP contribution in [0.15, 0.2) is 53.3 Å². The fourth-order valence-electron chi connectivity index (χ4n) is 2.61. The zero-order valence-electron chi connectivity index (χ0n) is 14.4. The van der Waals surface area contributed by atoms with E-state index in [1.165, 1.54) is 0 Å². The monoisotopic (exact) mass is 370 g/mol. The molecule has 3 rings (SSSR count). The molecule has 1 amide bonds. The summed E-state index contributed by atoms with van der Waals surface area (Å²) >= 11 is 6.03. The third-order valence-electron chi connectivity index (χ3n) is 3.97. The molecule has 134 valence electrons. The average Bonchev–Trinajstić information content (AvgIpc) is 3.14. The lowest BCUT2D eigenvalue weighted by atomic mass is 10.0. The Balaban J connectivity index is 1.56. The van der Waals surface area contributed by atoms with Gasteiger partial charge in [-0.2, -0.15) is 4.98 Å². The second kappa shape index (κ2) is 8.58. The molecule has 26 heavy (non-hydrogen) atoms. The first-order valence-corrected chi connectivity index (χ1v) is 8.81. The molecule has 1 aromatic carbocycles. The first-order chi connectivity index (χ1) is 12.7. The Bertz CT molecular complexity index is 867. The summed E-state index contributed by atoms with van der Waals surface area (Å²) in [5, 5.41) is 7.62. The highest BCUT2D eigenvalue weighted by Gasteiger charge is 2.15. The fourth-order valence-corrected chi connectivity index (χ4v) is 2.80. The van der Waals surface area contributed by atoms with Crippen molar-refractivity contribution in [2.75, 3.05) is 0 Å². The highest BCUT2D eigenvalue weighted by molar-refractivity contribution is 6.30. The van der Waals surface area contributed by atoms with Crippen LogP contribution in [0.5, 0.6) is 0 Å². The predicted octanol–water partition coefficient (Wildman–Crippen LogP) is 3.99. The number of aryl methyl sites for hydroxylation is 1. The minimum absolute atomic E-state index is 0.0690. The number of carbonyl (C=O) groups excluding carboxylic acids is 1. The van der Waals surface area contributed by atoms with Gasteiger partial charge >= 0.3 is 0 Å². The second-order valence-corrected chi connectivity index (χ2v) is 6.27. The van der Waals surface area contributed by atoms with E-state index in [9.17, 15) is 4.79 Å². The molecule has 0 saturated heterocycles. The second-order valence-electron chi connectivity index (χ2n) is 5.83. The van der Waals surface area contributed by atoms with E-state index in [0.717, 1.165) is 17.5 Å². The van der Waals surface area contributed by atoms with E-state index < -0.39 is 0 Å².